The molecule has 0 saturated heterocycles. The van der Waals surface area contributed by atoms with Crippen LogP contribution in [0, 0.1) is 0 Å². The highest BCUT2D eigenvalue weighted by atomic mass is 32.2. The van der Waals surface area contributed by atoms with Crippen molar-refractivity contribution in [3.05, 3.63) is 60.7 Å². The first-order valence-electron chi connectivity index (χ1n) is 5.84. The van der Waals surface area contributed by atoms with Crippen LogP contribution in [-0.4, -0.2) is 15.3 Å². The van der Waals surface area contributed by atoms with Crippen molar-refractivity contribution in [2.45, 2.75) is 17.4 Å². The Balaban J connectivity index is 1.80. The van der Waals surface area contributed by atoms with Crippen LogP contribution in [0.25, 0.3) is 0 Å². The molecule has 0 bridgehead atoms. The van der Waals surface area contributed by atoms with E-state index in [4.69, 9.17) is 0 Å². The average Bonchev–Trinajstić information content (AvgIpc) is 2.39. The summed E-state index contributed by atoms with van der Waals surface area (Å²) in [6, 6.07) is 21.4. The predicted octanol–water partition coefficient (Wildman–Crippen LogP) is 3.62. The molecular formula is C15H16SSi. The summed E-state index contributed by atoms with van der Waals surface area (Å²) in [6.07, 6.45) is 0. The summed E-state index contributed by atoms with van der Waals surface area (Å²) >= 11 is 1.95. The van der Waals surface area contributed by atoms with Gasteiger partial charge in [0.1, 0.15) is 0 Å². The van der Waals surface area contributed by atoms with E-state index in [0.717, 1.165) is 15.1 Å². The Bertz CT molecular complexity index is 427. The van der Waals surface area contributed by atoms with Gasteiger partial charge in [-0.3, -0.25) is 0 Å². The van der Waals surface area contributed by atoms with Crippen molar-refractivity contribution in [2.24, 2.45) is 0 Å². The molecule has 0 saturated carbocycles. The molecule has 0 nitrogen and oxygen atoms in total. The first-order valence-corrected chi connectivity index (χ1v) is 7.90. The van der Waals surface area contributed by atoms with Crippen molar-refractivity contribution in [1.82, 2.24) is 0 Å². The van der Waals surface area contributed by atoms with Gasteiger partial charge in [-0.25, -0.2) is 0 Å². The van der Waals surface area contributed by atoms with Gasteiger partial charge >= 0.3 is 0 Å². The van der Waals surface area contributed by atoms with Gasteiger partial charge in [-0.1, -0.05) is 60.6 Å². The Kier molecular flexibility index (Phi) is 4.89. The van der Waals surface area contributed by atoms with Gasteiger partial charge in [-0.05, 0) is 23.4 Å². The summed E-state index contributed by atoms with van der Waals surface area (Å²) < 4.78 is 0. The van der Waals surface area contributed by atoms with E-state index in [2.05, 4.69) is 67.6 Å². The van der Waals surface area contributed by atoms with Crippen LogP contribution in [0.1, 0.15) is 6.92 Å². The molecule has 2 aromatic rings. The molecule has 0 aromatic heterocycles. The highest BCUT2D eigenvalue weighted by Crippen LogP contribution is 2.21. The van der Waals surface area contributed by atoms with E-state index >= 15 is 0 Å². The minimum atomic E-state index is 0.739. The maximum atomic E-state index is 2.33. The van der Waals surface area contributed by atoms with E-state index in [1.807, 2.05) is 11.8 Å². The SMILES string of the molecule is CC(CSc1ccccc1)[Si]c1ccccc1. The van der Waals surface area contributed by atoms with E-state index in [1.54, 1.807) is 0 Å². The lowest BCUT2D eigenvalue weighted by atomic mass is 10.4. The van der Waals surface area contributed by atoms with Crippen LogP contribution in [0.15, 0.2) is 65.6 Å². The van der Waals surface area contributed by atoms with Crippen molar-refractivity contribution < 1.29 is 0 Å². The first-order chi connectivity index (χ1) is 8.34. The molecule has 0 spiro atoms. The van der Waals surface area contributed by atoms with E-state index in [1.165, 1.54) is 15.8 Å². The quantitative estimate of drug-likeness (QED) is 0.581. The Labute approximate surface area is 110 Å². The molecule has 1 atom stereocenters. The van der Waals surface area contributed by atoms with Crippen molar-refractivity contribution in [3.8, 4) is 0 Å². The second kappa shape index (κ2) is 6.67. The van der Waals surface area contributed by atoms with Crippen LogP contribution in [-0.2, 0) is 0 Å². The Morgan fingerprint density at radius 3 is 2.18 bits per heavy atom. The zero-order chi connectivity index (χ0) is 11.9. The van der Waals surface area contributed by atoms with Gasteiger partial charge in [0.2, 0.25) is 0 Å². The lowest BCUT2D eigenvalue weighted by molar-refractivity contribution is 1.08. The Morgan fingerprint density at radius 2 is 1.53 bits per heavy atom. The first kappa shape index (κ1) is 12.5. The average molecular weight is 256 g/mol. The van der Waals surface area contributed by atoms with Gasteiger partial charge < -0.3 is 0 Å². The van der Waals surface area contributed by atoms with Crippen LogP contribution >= 0.6 is 11.8 Å². The fourth-order valence-electron chi connectivity index (χ4n) is 1.60. The summed E-state index contributed by atoms with van der Waals surface area (Å²) in [4.78, 5) is 1.37. The number of rotatable bonds is 5. The normalized spacial score (nSPS) is 12.3. The van der Waals surface area contributed by atoms with Gasteiger partial charge in [0, 0.05) is 4.90 Å². The van der Waals surface area contributed by atoms with Crippen LogP contribution in [0.4, 0.5) is 0 Å². The Morgan fingerprint density at radius 1 is 0.941 bits per heavy atom. The number of benzene rings is 2. The fourth-order valence-corrected chi connectivity index (χ4v) is 3.93. The molecule has 0 aliphatic carbocycles. The van der Waals surface area contributed by atoms with Gasteiger partial charge in [-0.15, -0.1) is 11.8 Å². The molecule has 2 aromatic carbocycles. The summed E-state index contributed by atoms with van der Waals surface area (Å²) in [5.41, 5.74) is 0.739. The number of hydrogen-bond donors (Lipinski definition) is 0. The van der Waals surface area contributed by atoms with Gasteiger partial charge in [0.05, 0.1) is 9.52 Å². The minimum absolute atomic E-state index is 0.739. The summed E-state index contributed by atoms with van der Waals surface area (Å²) in [6.45, 7) is 2.33. The second-order valence-corrected chi connectivity index (χ2v) is 6.98. The molecule has 1 unspecified atom stereocenters. The third-order valence-electron chi connectivity index (χ3n) is 2.43. The van der Waals surface area contributed by atoms with E-state index < -0.39 is 0 Å². The van der Waals surface area contributed by atoms with Crippen LogP contribution in [0.2, 0.25) is 5.54 Å². The Hall–Kier alpha value is -0.993. The number of thioether (sulfide) groups is 1. The van der Waals surface area contributed by atoms with Crippen molar-refractivity contribution >= 4 is 26.5 Å². The lowest BCUT2D eigenvalue weighted by Gasteiger charge is -2.09. The third-order valence-corrected chi connectivity index (χ3v) is 5.36. The predicted molar refractivity (Wildman–Crippen MR) is 78.4 cm³/mol. The fraction of sp³-hybridized carbons (Fsp3) is 0.200. The standard InChI is InChI=1S/C15H16SSi/c1-13(17-15-10-6-3-7-11-15)12-16-14-8-4-2-5-9-14/h2-11,13H,12H2,1H3. The van der Waals surface area contributed by atoms with Gasteiger partial charge in [0.25, 0.3) is 0 Å². The van der Waals surface area contributed by atoms with Crippen molar-refractivity contribution in [3.63, 3.8) is 0 Å². The molecule has 2 rings (SSSR count). The summed E-state index contributed by atoms with van der Waals surface area (Å²) in [7, 11) is 0.909. The maximum Gasteiger partial charge on any atom is 0.0848 e. The third kappa shape index (κ3) is 4.41. The molecule has 0 N–H and O–H groups in total. The monoisotopic (exact) mass is 256 g/mol. The molecule has 0 heterocycles. The highest BCUT2D eigenvalue weighted by Gasteiger charge is 2.05. The largest absolute Gasteiger partial charge is 0.126 e. The van der Waals surface area contributed by atoms with Crippen LogP contribution in [0.5, 0.6) is 0 Å². The molecule has 86 valence electrons. The van der Waals surface area contributed by atoms with E-state index in [0.29, 0.717) is 0 Å². The molecule has 0 fully saturated rings. The molecule has 0 aliphatic rings. The zero-order valence-electron chi connectivity index (χ0n) is 9.97. The molecule has 2 radical (unpaired) electrons. The van der Waals surface area contributed by atoms with E-state index in [9.17, 15) is 0 Å². The van der Waals surface area contributed by atoms with Crippen LogP contribution < -0.4 is 5.19 Å². The van der Waals surface area contributed by atoms with Gasteiger partial charge in [0.15, 0.2) is 0 Å². The lowest BCUT2D eigenvalue weighted by Crippen LogP contribution is -2.18. The smallest absolute Gasteiger partial charge is 0.0848 e. The highest BCUT2D eigenvalue weighted by molar-refractivity contribution is 7.99. The minimum Gasteiger partial charge on any atom is -0.126 e. The topological polar surface area (TPSA) is 0 Å². The number of hydrogen-bond acceptors (Lipinski definition) is 1. The molecule has 2 heteroatoms. The molecule has 0 amide bonds. The van der Waals surface area contributed by atoms with Crippen LogP contribution in [0.3, 0.4) is 0 Å². The van der Waals surface area contributed by atoms with Crippen molar-refractivity contribution in [2.75, 3.05) is 5.75 Å². The molecule has 0 aliphatic heterocycles. The second-order valence-electron chi connectivity index (χ2n) is 4.04. The van der Waals surface area contributed by atoms with Gasteiger partial charge in [-0.2, -0.15) is 0 Å². The maximum absolute atomic E-state index is 2.33. The molecular weight excluding hydrogens is 240 g/mol. The summed E-state index contributed by atoms with van der Waals surface area (Å²) in [5, 5.41) is 1.47. The molecule has 17 heavy (non-hydrogen) atoms. The van der Waals surface area contributed by atoms with Crippen molar-refractivity contribution in [1.29, 1.82) is 0 Å². The zero-order valence-corrected chi connectivity index (χ0v) is 11.8. The summed E-state index contributed by atoms with van der Waals surface area (Å²) in [5.74, 6) is 1.19. The van der Waals surface area contributed by atoms with E-state index in [-0.39, 0.29) is 0 Å².